The normalized spacial score (nSPS) is 25.5. The number of furan rings is 1. The molecule has 1 aromatic carbocycles. The van der Waals surface area contributed by atoms with Crippen molar-refractivity contribution in [3.63, 3.8) is 0 Å². The van der Waals surface area contributed by atoms with Gasteiger partial charge in [-0.05, 0) is 69.5 Å². The van der Waals surface area contributed by atoms with Crippen LogP contribution in [0, 0.1) is 5.92 Å². The zero-order chi connectivity index (χ0) is 36.5. The van der Waals surface area contributed by atoms with Gasteiger partial charge in [-0.1, -0.05) is 44.2 Å². The molecule has 272 valence electrons. The van der Waals surface area contributed by atoms with E-state index in [1.807, 2.05) is 31.3 Å². The molecule has 2 aromatic rings. The summed E-state index contributed by atoms with van der Waals surface area (Å²) in [5, 5.41) is 14.2. The second-order valence-electron chi connectivity index (χ2n) is 13.5. The third-order valence-electron chi connectivity index (χ3n) is 8.73. The average Bonchev–Trinajstić information content (AvgIpc) is 3.71. The van der Waals surface area contributed by atoms with Crippen LogP contribution in [0.3, 0.4) is 0 Å². The van der Waals surface area contributed by atoms with E-state index in [2.05, 4.69) is 26.6 Å². The number of carbonyl (C=O) groups excluding carboxylic acids is 6. The number of amides is 6. The van der Waals surface area contributed by atoms with Gasteiger partial charge in [0.25, 0.3) is 5.91 Å². The average molecular weight is 712 g/mol. The molecule has 2 fully saturated rings. The maximum absolute atomic E-state index is 14.2. The van der Waals surface area contributed by atoms with Crippen molar-refractivity contribution in [1.82, 2.24) is 36.4 Å². The predicted molar refractivity (Wildman–Crippen MR) is 189 cm³/mol. The summed E-state index contributed by atoms with van der Waals surface area (Å²) in [5.74, 6) is -2.23. The van der Waals surface area contributed by atoms with E-state index in [1.165, 1.54) is 23.6 Å². The van der Waals surface area contributed by atoms with Gasteiger partial charge in [0.2, 0.25) is 29.5 Å². The molecule has 6 amide bonds. The summed E-state index contributed by atoms with van der Waals surface area (Å²) in [7, 11) is 3.76. The number of nitrogens with zero attached hydrogens (tertiary/aromatic N) is 2. The lowest BCUT2D eigenvalue weighted by atomic mass is 10.0. The molecule has 0 saturated carbocycles. The van der Waals surface area contributed by atoms with Crippen molar-refractivity contribution in [3.05, 3.63) is 59.5 Å². The van der Waals surface area contributed by atoms with Gasteiger partial charge in [0.05, 0.1) is 19.0 Å². The van der Waals surface area contributed by atoms with E-state index in [0.717, 1.165) is 0 Å². The standard InChI is InChI=1S/C35H49N7O7S/c1-20(2)30-35(48)42-18-23(37-34(47)28-13-12-24(49-28)19-41(4)5)16-27(42)33(46)36-21(3)31(44)39-26(22-10-8-7-9-11-22)17-29(43)38-25(14-15-50-6)32(45)40-30/h7-13,20-21,23,25-27,30H,14-19H2,1-6H3,(H,36,46)(H,37,47)(H,38,43)(H,39,44)(H,40,45)/t21-,23-,25-,26-,27-,30-/m0/s1. The molecule has 5 N–H and O–H groups in total. The SMILES string of the molecule is CSCC[C@@H]1NC(=O)C[C@@H](c2ccccc2)NC(=O)[C@H](C)NC(=O)[C@@H]2C[C@H](NC(=O)c3ccc(CN(C)C)o3)CN2C(=O)[C@H](C(C)C)NC1=O. The summed E-state index contributed by atoms with van der Waals surface area (Å²) in [6, 6.07) is 6.83. The molecule has 50 heavy (non-hydrogen) atoms. The Morgan fingerprint density at radius 3 is 2.36 bits per heavy atom. The summed E-state index contributed by atoms with van der Waals surface area (Å²) >= 11 is 1.51. The summed E-state index contributed by atoms with van der Waals surface area (Å²) < 4.78 is 5.71. The molecule has 0 radical (unpaired) electrons. The van der Waals surface area contributed by atoms with E-state index < -0.39 is 71.7 Å². The molecule has 3 heterocycles. The molecule has 1 aromatic heterocycles. The van der Waals surface area contributed by atoms with Crippen LogP contribution in [0.25, 0.3) is 0 Å². The molecule has 2 aliphatic rings. The van der Waals surface area contributed by atoms with Crippen LogP contribution in [-0.2, 0) is 30.5 Å². The number of fused-ring (bicyclic) bond motifs is 1. The van der Waals surface area contributed by atoms with E-state index in [9.17, 15) is 28.8 Å². The minimum Gasteiger partial charge on any atom is -0.455 e. The number of benzene rings is 1. The summed E-state index contributed by atoms with van der Waals surface area (Å²) in [4.78, 5) is 85.1. The Balaban J connectivity index is 1.65. The molecule has 0 spiro atoms. The van der Waals surface area contributed by atoms with Gasteiger partial charge in [-0.15, -0.1) is 0 Å². The predicted octanol–water partition coefficient (Wildman–Crippen LogP) is 1.19. The second-order valence-corrected chi connectivity index (χ2v) is 14.4. The van der Waals surface area contributed by atoms with Crippen molar-refractivity contribution in [3.8, 4) is 0 Å². The molecule has 0 unspecified atom stereocenters. The highest BCUT2D eigenvalue weighted by Crippen LogP contribution is 2.23. The van der Waals surface area contributed by atoms with Crippen LogP contribution in [0.1, 0.15) is 68.0 Å². The van der Waals surface area contributed by atoms with Crippen molar-refractivity contribution >= 4 is 47.2 Å². The summed E-state index contributed by atoms with van der Waals surface area (Å²) in [6.45, 7) is 5.57. The second kappa shape index (κ2) is 17.5. The van der Waals surface area contributed by atoms with Crippen molar-refractivity contribution in [2.45, 2.75) is 82.8 Å². The molecule has 14 nitrogen and oxygen atoms in total. The van der Waals surface area contributed by atoms with Gasteiger partial charge in [0, 0.05) is 12.6 Å². The molecule has 6 atom stereocenters. The van der Waals surface area contributed by atoms with E-state index >= 15 is 0 Å². The highest BCUT2D eigenvalue weighted by molar-refractivity contribution is 7.98. The van der Waals surface area contributed by atoms with Gasteiger partial charge < -0.3 is 40.8 Å². The van der Waals surface area contributed by atoms with Crippen LogP contribution in [0.15, 0.2) is 46.9 Å². The number of hydrogen-bond acceptors (Lipinski definition) is 9. The molecule has 2 saturated heterocycles. The first-order valence-electron chi connectivity index (χ1n) is 16.9. The fraction of sp³-hybridized carbons (Fsp3) is 0.543. The van der Waals surface area contributed by atoms with Gasteiger partial charge >= 0.3 is 0 Å². The van der Waals surface area contributed by atoms with Crippen LogP contribution in [0.2, 0.25) is 0 Å². The van der Waals surface area contributed by atoms with Crippen molar-refractivity contribution < 1.29 is 33.2 Å². The largest absolute Gasteiger partial charge is 0.455 e. The minimum absolute atomic E-state index is 0.0175. The van der Waals surface area contributed by atoms with Gasteiger partial charge in [0.15, 0.2) is 5.76 Å². The summed E-state index contributed by atoms with van der Waals surface area (Å²) in [5.41, 5.74) is 0.678. The van der Waals surface area contributed by atoms with Crippen LogP contribution < -0.4 is 26.6 Å². The fourth-order valence-electron chi connectivity index (χ4n) is 6.08. The van der Waals surface area contributed by atoms with Gasteiger partial charge in [-0.25, -0.2) is 0 Å². The van der Waals surface area contributed by atoms with Crippen LogP contribution in [0.5, 0.6) is 0 Å². The maximum Gasteiger partial charge on any atom is 0.287 e. The maximum atomic E-state index is 14.2. The number of hydrogen-bond donors (Lipinski definition) is 5. The third-order valence-corrected chi connectivity index (χ3v) is 9.38. The molecule has 0 bridgehead atoms. The van der Waals surface area contributed by atoms with E-state index in [0.29, 0.717) is 30.0 Å². The topological polar surface area (TPSA) is 182 Å². The minimum atomic E-state index is -1.05. The Bertz CT molecular complexity index is 1530. The lowest BCUT2D eigenvalue weighted by molar-refractivity contribution is -0.143. The van der Waals surface area contributed by atoms with Gasteiger partial charge in [-0.2, -0.15) is 11.8 Å². The van der Waals surface area contributed by atoms with E-state index in [4.69, 9.17) is 4.42 Å². The fourth-order valence-corrected chi connectivity index (χ4v) is 6.56. The molecule has 2 aliphatic heterocycles. The monoisotopic (exact) mass is 711 g/mol. The van der Waals surface area contributed by atoms with Crippen molar-refractivity contribution in [2.24, 2.45) is 5.92 Å². The van der Waals surface area contributed by atoms with E-state index in [-0.39, 0.29) is 31.1 Å². The zero-order valence-corrected chi connectivity index (χ0v) is 30.3. The first kappa shape index (κ1) is 38.4. The first-order valence-corrected chi connectivity index (χ1v) is 18.3. The first-order chi connectivity index (χ1) is 23.8. The Hall–Kier alpha value is -4.37. The molecule has 4 rings (SSSR count). The number of nitrogens with one attached hydrogen (secondary N) is 5. The summed E-state index contributed by atoms with van der Waals surface area (Å²) in [6.07, 6.45) is 2.11. The zero-order valence-electron chi connectivity index (χ0n) is 29.5. The van der Waals surface area contributed by atoms with Gasteiger partial charge in [-0.3, -0.25) is 28.8 Å². The van der Waals surface area contributed by atoms with Gasteiger partial charge in [0.1, 0.15) is 29.9 Å². The number of thioether (sulfide) groups is 1. The Kier molecular flexibility index (Phi) is 13.5. The number of carbonyl (C=O) groups is 6. The lowest BCUT2D eigenvalue weighted by Gasteiger charge is -2.32. The molecule has 15 heteroatoms. The van der Waals surface area contributed by atoms with Crippen molar-refractivity contribution in [1.29, 1.82) is 0 Å². The van der Waals surface area contributed by atoms with Crippen LogP contribution in [0.4, 0.5) is 0 Å². The van der Waals surface area contributed by atoms with Crippen molar-refractivity contribution in [2.75, 3.05) is 32.6 Å². The van der Waals surface area contributed by atoms with Crippen LogP contribution >= 0.6 is 11.8 Å². The smallest absolute Gasteiger partial charge is 0.287 e. The quantitative estimate of drug-likeness (QED) is 0.255. The molecule has 0 aliphatic carbocycles. The Morgan fingerprint density at radius 2 is 1.70 bits per heavy atom. The third kappa shape index (κ3) is 10.1. The lowest BCUT2D eigenvalue weighted by Crippen LogP contribution is -2.59. The number of rotatable bonds is 9. The van der Waals surface area contributed by atoms with E-state index in [1.54, 1.807) is 50.2 Å². The Labute approximate surface area is 297 Å². The molecular formula is C35H49N7O7S. The Morgan fingerprint density at radius 1 is 0.980 bits per heavy atom. The highest BCUT2D eigenvalue weighted by atomic mass is 32.2. The highest BCUT2D eigenvalue weighted by Gasteiger charge is 2.44. The molecular weight excluding hydrogens is 662 g/mol. The van der Waals surface area contributed by atoms with Crippen LogP contribution in [-0.4, -0.2) is 108 Å².